The van der Waals surface area contributed by atoms with Crippen molar-refractivity contribution in [1.82, 2.24) is 9.78 Å². The van der Waals surface area contributed by atoms with Crippen molar-refractivity contribution >= 4 is 11.6 Å². The number of nitrogens with zero attached hydrogens (tertiary/aromatic N) is 5. The number of nitriles is 2. The van der Waals surface area contributed by atoms with Crippen molar-refractivity contribution in [3.05, 3.63) is 77.6 Å². The normalized spacial score (nSPS) is 9.88. The molecule has 0 bridgehead atoms. The monoisotopic (exact) mass is 327 g/mol. The molecule has 0 saturated carbocycles. The largest absolute Gasteiger partial charge is 0.310 e. The van der Waals surface area contributed by atoms with Crippen LogP contribution in [0, 0.1) is 22.7 Å². The summed E-state index contributed by atoms with van der Waals surface area (Å²) in [6.45, 7) is 0. The van der Waals surface area contributed by atoms with Gasteiger partial charge in [0, 0.05) is 18.9 Å². The van der Waals surface area contributed by atoms with Crippen LogP contribution < -0.4 is 4.90 Å². The van der Waals surface area contributed by atoms with E-state index in [0.29, 0.717) is 22.5 Å². The SMILES string of the molecule is CN(C(=O)c1ccn(-c2cccc(C#N)c2)n1)c1cccc(C#N)c1. The molecule has 1 heterocycles. The van der Waals surface area contributed by atoms with Crippen LogP contribution in [0.15, 0.2) is 60.8 Å². The second-order valence-electron chi connectivity index (χ2n) is 5.33. The van der Waals surface area contributed by atoms with Crippen LogP contribution in [-0.2, 0) is 0 Å². The van der Waals surface area contributed by atoms with Gasteiger partial charge in [-0.2, -0.15) is 15.6 Å². The highest BCUT2D eigenvalue weighted by Gasteiger charge is 2.17. The third-order valence-electron chi connectivity index (χ3n) is 3.72. The van der Waals surface area contributed by atoms with Crippen molar-refractivity contribution in [2.75, 3.05) is 11.9 Å². The van der Waals surface area contributed by atoms with Gasteiger partial charge in [-0.3, -0.25) is 4.79 Å². The molecule has 0 atom stereocenters. The smallest absolute Gasteiger partial charge is 0.278 e. The molecule has 3 rings (SSSR count). The minimum Gasteiger partial charge on any atom is -0.310 e. The summed E-state index contributed by atoms with van der Waals surface area (Å²) in [6.07, 6.45) is 1.67. The zero-order valence-corrected chi connectivity index (χ0v) is 13.4. The molecule has 0 saturated heterocycles. The van der Waals surface area contributed by atoms with Crippen molar-refractivity contribution in [3.8, 4) is 17.8 Å². The first kappa shape index (κ1) is 16.0. The van der Waals surface area contributed by atoms with E-state index in [0.717, 1.165) is 0 Å². The fraction of sp³-hybridized carbons (Fsp3) is 0.0526. The van der Waals surface area contributed by atoms with E-state index in [1.165, 1.54) is 4.90 Å². The van der Waals surface area contributed by atoms with Crippen LogP contribution in [0.5, 0.6) is 0 Å². The maximum atomic E-state index is 12.6. The Morgan fingerprint density at radius 2 is 1.72 bits per heavy atom. The van der Waals surface area contributed by atoms with Gasteiger partial charge >= 0.3 is 0 Å². The average Bonchev–Trinajstić information content (AvgIpc) is 3.17. The number of benzene rings is 2. The van der Waals surface area contributed by atoms with Gasteiger partial charge in [-0.15, -0.1) is 0 Å². The first-order valence-corrected chi connectivity index (χ1v) is 7.47. The summed E-state index contributed by atoms with van der Waals surface area (Å²) in [5.74, 6) is -0.287. The number of rotatable bonds is 3. The van der Waals surface area contributed by atoms with Crippen LogP contribution in [0.1, 0.15) is 21.6 Å². The van der Waals surface area contributed by atoms with E-state index in [4.69, 9.17) is 10.5 Å². The molecule has 3 aromatic rings. The average molecular weight is 327 g/mol. The van der Waals surface area contributed by atoms with E-state index in [1.807, 2.05) is 6.07 Å². The molecule has 2 aromatic carbocycles. The molecule has 0 aliphatic heterocycles. The lowest BCUT2D eigenvalue weighted by Crippen LogP contribution is -2.26. The zero-order valence-electron chi connectivity index (χ0n) is 13.4. The van der Waals surface area contributed by atoms with Gasteiger partial charge in [-0.05, 0) is 42.5 Å². The summed E-state index contributed by atoms with van der Waals surface area (Å²) in [5.41, 5.74) is 2.59. The van der Waals surface area contributed by atoms with E-state index in [1.54, 1.807) is 66.5 Å². The summed E-state index contributed by atoms with van der Waals surface area (Å²) in [6, 6.07) is 19.5. The molecule has 6 nitrogen and oxygen atoms in total. The highest BCUT2D eigenvalue weighted by atomic mass is 16.2. The number of aromatic nitrogens is 2. The molecule has 0 spiro atoms. The molecule has 1 aromatic heterocycles. The third kappa shape index (κ3) is 3.24. The molecule has 25 heavy (non-hydrogen) atoms. The van der Waals surface area contributed by atoms with Crippen LogP contribution in [0.4, 0.5) is 5.69 Å². The molecule has 0 aliphatic carbocycles. The Balaban J connectivity index is 1.87. The Bertz CT molecular complexity index is 1020. The molecule has 0 fully saturated rings. The summed E-state index contributed by atoms with van der Waals surface area (Å²) in [5, 5.41) is 22.3. The standard InChI is InChI=1S/C19H13N5O/c1-23(16-6-2-4-14(10-16)12-20)19(25)18-8-9-24(22-18)17-7-3-5-15(11-17)13-21/h2-11H,1H3. The Morgan fingerprint density at radius 1 is 1.04 bits per heavy atom. The van der Waals surface area contributed by atoms with E-state index < -0.39 is 0 Å². The minimum atomic E-state index is -0.287. The number of anilines is 1. The Morgan fingerprint density at radius 3 is 2.44 bits per heavy atom. The quantitative estimate of drug-likeness (QED) is 0.740. The van der Waals surface area contributed by atoms with Crippen molar-refractivity contribution in [2.45, 2.75) is 0 Å². The second-order valence-corrected chi connectivity index (χ2v) is 5.33. The van der Waals surface area contributed by atoms with Crippen LogP contribution in [0.3, 0.4) is 0 Å². The number of carbonyl (C=O) groups excluding carboxylic acids is 1. The molecule has 6 heteroatoms. The molecular weight excluding hydrogens is 314 g/mol. The number of hydrogen-bond donors (Lipinski definition) is 0. The molecule has 0 aliphatic rings. The lowest BCUT2D eigenvalue weighted by atomic mass is 10.2. The summed E-state index contributed by atoms with van der Waals surface area (Å²) in [4.78, 5) is 14.1. The molecule has 0 unspecified atom stereocenters. The highest BCUT2D eigenvalue weighted by Crippen LogP contribution is 2.17. The van der Waals surface area contributed by atoms with Gasteiger partial charge < -0.3 is 4.90 Å². The predicted molar refractivity (Wildman–Crippen MR) is 92.2 cm³/mol. The fourth-order valence-electron chi connectivity index (χ4n) is 2.37. The molecular formula is C19H13N5O. The lowest BCUT2D eigenvalue weighted by molar-refractivity contribution is 0.0988. The van der Waals surface area contributed by atoms with E-state index in [2.05, 4.69) is 17.2 Å². The van der Waals surface area contributed by atoms with Gasteiger partial charge in [0.2, 0.25) is 0 Å². The predicted octanol–water partition coefficient (Wildman–Crippen LogP) is 2.89. The van der Waals surface area contributed by atoms with Crippen molar-refractivity contribution in [2.24, 2.45) is 0 Å². The highest BCUT2D eigenvalue weighted by molar-refractivity contribution is 6.04. The zero-order chi connectivity index (χ0) is 17.8. The maximum Gasteiger partial charge on any atom is 0.278 e. The second kappa shape index (κ2) is 6.69. The number of carbonyl (C=O) groups is 1. The first-order chi connectivity index (χ1) is 12.1. The maximum absolute atomic E-state index is 12.6. The summed E-state index contributed by atoms with van der Waals surface area (Å²) >= 11 is 0. The Kier molecular flexibility index (Phi) is 4.28. The van der Waals surface area contributed by atoms with E-state index >= 15 is 0 Å². The first-order valence-electron chi connectivity index (χ1n) is 7.47. The van der Waals surface area contributed by atoms with Crippen LogP contribution in [0.2, 0.25) is 0 Å². The van der Waals surface area contributed by atoms with Crippen LogP contribution in [0.25, 0.3) is 5.69 Å². The van der Waals surface area contributed by atoms with E-state index in [9.17, 15) is 4.79 Å². The van der Waals surface area contributed by atoms with Gasteiger partial charge in [0.15, 0.2) is 5.69 Å². The number of amides is 1. The molecule has 120 valence electrons. The summed E-state index contributed by atoms with van der Waals surface area (Å²) < 4.78 is 1.55. The third-order valence-corrected chi connectivity index (χ3v) is 3.72. The fourth-order valence-corrected chi connectivity index (χ4v) is 2.37. The van der Waals surface area contributed by atoms with Crippen molar-refractivity contribution < 1.29 is 4.79 Å². The van der Waals surface area contributed by atoms with Gasteiger partial charge in [-0.1, -0.05) is 12.1 Å². The van der Waals surface area contributed by atoms with Gasteiger partial charge in [0.25, 0.3) is 5.91 Å². The minimum absolute atomic E-state index is 0.271. The van der Waals surface area contributed by atoms with Gasteiger partial charge in [-0.25, -0.2) is 4.68 Å². The van der Waals surface area contributed by atoms with E-state index in [-0.39, 0.29) is 11.6 Å². The Hall–Kier alpha value is -3.90. The van der Waals surface area contributed by atoms with Crippen LogP contribution in [-0.4, -0.2) is 22.7 Å². The van der Waals surface area contributed by atoms with Crippen molar-refractivity contribution in [1.29, 1.82) is 10.5 Å². The molecule has 0 N–H and O–H groups in total. The van der Waals surface area contributed by atoms with Gasteiger partial charge in [0.05, 0.1) is 29.0 Å². The summed E-state index contributed by atoms with van der Waals surface area (Å²) in [7, 11) is 1.63. The topological polar surface area (TPSA) is 85.7 Å². The van der Waals surface area contributed by atoms with Gasteiger partial charge in [0.1, 0.15) is 0 Å². The van der Waals surface area contributed by atoms with Crippen molar-refractivity contribution in [3.63, 3.8) is 0 Å². The van der Waals surface area contributed by atoms with Crippen LogP contribution >= 0.6 is 0 Å². The molecule has 1 amide bonds. The Labute approximate surface area is 144 Å². The number of hydrogen-bond acceptors (Lipinski definition) is 4. The molecule has 0 radical (unpaired) electrons. The lowest BCUT2D eigenvalue weighted by Gasteiger charge is -2.16.